The number of nitrogens with zero attached hydrogens (tertiary/aromatic N) is 2. The van der Waals surface area contributed by atoms with Crippen molar-refractivity contribution in [2.75, 3.05) is 5.32 Å². The minimum atomic E-state index is -1.17. The second-order valence-corrected chi connectivity index (χ2v) is 4.22. The number of nitro benzene ring substituents is 1. The molecule has 0 aromatic heterocycles. The van der Waals surface area contributed by atoms with Crippen molar-refractivity contribution in [1.29, 1.82) is 0 Å². The Morgan fingerprint density at radius 1 is 1.37 bits per heavy atom. The van der Waals surface area contributed by atoms with E-state index in [0.29, 0.717) is 0 Å². The molecule has 8 nitrogen and oxygen atoms in total. The van der Waals surface area contributed by atoms with Crippen molar-refractivity contribution in [3.63, 3.8) is 0 Å². The largest absolute Gasteiger partial charge is 0.410 e. The molecule has 2 rings (SSSR count). The summed E-state index contributed by atoms with van der Waals surface area (Å²) in [6.07, 6.45) is 0. The van der Waals surface area contributed by atoms with Crippen LogP contribution in [0.2, 0.25) is 10.0 Å². The van der Waals surface area contributed by atoms with Crippen LogP contribution < -0.4 is 5.32 Å². The lowest BCUT2D eigenvalue weighted by Crippen LogP contribution is -2.36. The Labute approximate surface area is 114 Å². The molecule has 1 amide bonds. The number of amides is 1. The zero-order chi connectivity index (χ0) is 14.3. The summed E-state index contributed by atoms with van der Waals surface area (Å²) in [6, 6.07) is 1.10. The molecule has 1 aromatic rings. The van der Waals surface area contributed by atoms with Gasteiger partial charge in [0.2, 0.25) is 0 Å². The van der Waals surface area contributed by atoms with Gasteiger partial charge in [0.15, 0.2) is 5.71 Å². The number of hydrogen-bond donors (Lipinski definition) is 2. The second-order valence-electron chi connectivity index (χ2n) is 3.43. The van der Waals surface area contributed by atoms with Gasteiger partial charge < -0.3 is 10.5 Å². The highest BCUT2D eigenvalue weighted by molar-refractivity contribution is 6.72. The number of Topliss-reactive ketones (excluding diaryl/α,β-unsaturated/α-hetero) is 1. The maximum atomic E-state index is 11.4. The summed E-state index contributed by atoms with van der Waals surface area (Å²) < 4.78 is 0. The average molecular weight is 304 g/mol. The van der Waals surface area contributed by atoms with Gasteiger partial charge in [-0.1, -0.05) is 28.4 Å². The number of rotatable bonds is 1. The van der Waals surface area contributed by atoms with Gasteiger partial charge in [-0.05, 0) is 6.07 Å². The topological polar surface area (TPSA) is 122 Å². The number of carbonyl (C=O) groups excluding carboxylic acids is 2. The predicted molar refractivity (Wildman–Crippen MR) is 65.1 cm³/mol. The summed E-state index contributed by atoms with van der Waals surface area (Å²) in [5, 5.41) is 23.8. The lowest BCUT2D eigenvalue weighted by molar-refractivity contribution is -0.383. The molecule has 0 saturated carbocycles. The molecule has 1 aliphatic heterocycles. The van der Waals surface area contributed by atoms with Crippen LogP contribution >= 0.6 is 23.2 Å². The molecule has 0 spiro atoms. The zero-order valence-electron chi connectivity index (χ0n) is 8.81. The van der Waals surface area contributed by atoms with E-state index in [4.69, 9.17) is 28.4 Å². The van der Waals surface area contributed by atoms with Gasteiger partial charge >= 0.3 is 5.69 Å². The number of nitro groups is 1. The minimum absolute atomic E-state index is 0.173. The number of ketones is 1. The fourth-order valence-corrected chi connectivity index (χ4v) is 2.01. The molecule has 1 heterocycles. The lowest BCUT2D eigenvalue weighted by atomic mass is 9.98. The van der Waals surface area contributed by atoms with Gasteiger partial charge in [-0.3, -0.25) is 19.7 Å². The molecule has 0 atom stereocenters. The fraction of sp³-hybridized carbons (Fsp3) is 0. The zero-order valence-corrected chi connectivity index (χ0v) is 10.3. The monoisotopic (exact) mass is 303 g/mol. The van der Waals surface area contributed by atoms with Crippen LogP contribution in [-0.4, -0.2) is 27.5 Å². The Balaban J connectivity index is 2.87. The van der Waals surface area contributed by atoms with Crippen molar-refractivity contribution in [1.82, 2.24) is 0 Å². The molecule has 98 valence electrons. The first kappa shape index (κ1) is 13.2. The average Bonchev–Trinajstić information content (AvgIpc) is 2.33. The number of hydrogen-bond acceptors (Lipinski definition) is 6. The molecule has 0 fully saturated rings. The molecule has 1 aliphatic rings. The smallest absolute Gasteiger partial charge is 0.313 e. The van der Waals surface area contributed by atoms with Crippen LogP contribution in [0.3, 0.4) is 0 Å². The number of benzene rings is 1. The number of halogens is 2. The lowest BCUT2D eigenvalue weighted by Gasteiger charge is -2.17. The van der Waals surface area contributed by atoms with Gasteiger partial charge in [0.1, 0.15) is 10.7 Å². The molecule has 0 unspecified atom stereocenters. The van der Waals surface area contributed by atoms with Crippen LogP contribution in [0.5, 0.6) is 0 Å². The van der Waals surface area contributed by atoms with E-state index in [2.05, 4.69) is 5.16 Å². The summed E-state index contributed by atoms with van der Waals surface area (Å²) >= 11 is 11.4. The molecule has 10 heteroatoms. The third kappa shape index (κ3) is 1.90. The van der Waals surface area contributed by atoms with Crippen molar-refractivity contribution in [3.05, 3.63) is 31.8 Å². The summed E-state index contributed by atoms with van der Waals surface area (Å²) in [5.74, 6) is -2.30. The molecule has 0 radical (unpaired) electrons. The van der Waals surface area contributed by atoms with E-state index in [-0.39, 0.29) is 16.3 Å². The number of carbonyl (C=O) groups is 2. The van der Waals surface area contributed by atoms with Gasteiger partial charge in [0.05, 0.1) is 9.95 Å². The van der Waals surface area contributed by atoms with Crippen molar-refractivity contribution >= 4 is 52.0 Å². The van der Waals surface area contributed by atoms with Crippen LogP contribution in [0.4, 0.5) is 11.4 Å². The van der Waals surface area contributed by atoms with E-state index in [1.165, 1.54) is 0 Å². The number of oxime groups is 1. The number of nitrogens with one attached hydrogen (secondary N) is 1. The summed E-state index contributed by atoms with van der Waals surface area (Å²) in [6.45, 7) is 0. The van der Waals surface area contributed by atoms with Crippen LogP contribution in [0.15, 0.2) is 11.2 Å². The van der Waals surface area contributed by atoms with E-state index in [1.54, 1.807) is 0 Å². The Kier molecular flexibility index (Phi) is 3.13. The quantitative estimate of drug-likeness (QED) is 0.353. The van der Waals surface area contributed by atoms with Crippen molar-refractivity contribution in [2.45, 2.75) is 0 Å². The molecule has 19 heavy (non-hydrogen) atoms. The van der Waals surface area contributed by atoms with Gasteiger partial charge in [-0.25, -0.2) is 0 Å². The van der Waals surface area contributed by atoms with Crippen LogP contribution in [-0.2, 0) is 9.59 Å². The maximum Gasteiger partial charge on any atom is 0.313 e. The van der Waals surface area contributed by atoms with Gasteiger partial charge in [-0.15, -0.1) is 0 Å². The van der Waals surface area contributed by atoms with Gasteiger partial charge in [-0.2, -0.15) is 0 Å². The number of anilines is 1. The molecular formula is C9H3Cl2N3O5. The predicted octanol–water partition coefficient (Wildman–Crippen LogP) is 1.60. The maximum absolute atomic E-state index is 11.4. The second kappa shape index (κ2) is 4.48. The first-order chi connectivity index (χ1) is 8.88. The molecular weight excluding hydrogens is 301 g/mol. The first-order valence-electron chi connectivity index (χ1n) is 4.63. The van der Waals surface area contributed by atoms with E-state index >= 15 is 0 Å². The van der Waals surface area contributed by atoms with E-state index in [9.17, 15) is 19.7 Å². The van der Waals surface area contributed by atoms with Crippen molar-refractivity contribution in [2.24, 2.45) is 5.16 Å². The third-order valence-electron chi connectivity index (χ3n) is 2.39. The third-order valence-corrected chi connectivity index (χ3v) is 3.17. The van der Waals surface area contributed by atoms with Crippen molar-refractivity contribution in [3.8, 4) is 0 Å². The highest BCUT2D eigenvalue weighted by Gasteiger charge is 2.37. The number of fused-ring (bicyclic) bond motifs is 1. The Hall–Kier alpha value is -2.19. The van der Waals surface area contributed by atoms with Crippen LogP contribution in [0.1, 0.15) is 5.56 Å². The Morgan fingerprint density at radius 2 is 2.00 bits per heavy atom. The summed E-state index contributed by atoms with van der Waals surface area (Å²) in [5.41, 5.74) is -1.82. The minimum Gasteiger partial charge on any atom is -0.410 e. The van der Waals surface area contributed by atoms with E-state index < -0.39 is 33.0 Å². The molecule has 1 aromatic carbocycles. The highest BCUT2D eigenvalue weighted by atomic mass is 35.5. The fourth-order valence-electron chi connectivity index (χ4n) is 1.60. The normalized spacial score (nSPS) is 16.2. The molecule has 0 aliphatic carbocycles. The van der Waals surface area contributed by atoms with Crippen molar-refractivity contribution < 1.29 is 19.7 Å². The molecule has 0 saturated heterocycles. The highest BCUT2D eigenvalue weighted by Crippen LogP contribution is 2.42. The molecule has 2 N–H and O–H groups in total. The van der Waals surface area contributed by atoms with Gasteiger partial charge in [0.25, 0.3) is 11.7 Å². The van der Waals surface area contributed by atoms with Crippen LogP contribution in [0.25, 0.3) is 0 Å². The summed E-state index contributed by atoms with van der Waals surface area (Å²) in [7, 11) is 0. The van der Waals surface area contributed by atoms with E-state index in [0.717, 1.165) is 6.07 Å². The summed E-state index contributed by atoms with van der Waals surface area (Å²) in [4.78, 5) is 32.9. The molecule has 0 bridgehead atoms. The van der Waals surface area contributed by atoms with E-state index in [1.807, 2.05) is 5.32 Å². The van der Waals surface area contributed by atoms with Gasteiger partial charge in [0, 0.05) is 5.56 Å². The Morgan fingerprint density at radius 3 is 2.53 bits per heavy atom. The van der Waals surface area contributed by atoms with Crippen LogP contribution in [0, 0.1) is 10.1 Å². The Bertz CT molecular complexity index is 670. The first-order valence-corrected chi connectivity index (χ1v) is 5.38. The SMILES string of the molecule is O=C1Nc2c(cc(Cl)c(Cl)c2[N+](=O)[O-])C(=NO)C1=O. The standard InChI is InChI=1S/C9H3Cl2N3O5/c10-3-1-2-5(7(4(3)11)14(18)19)12-9(16)8(15)6(2)13-17/h1,17H,(H,12,16).